The molecule has 0 aliphatic carbocycles. The maximum atomic E-state index is 12.8. The van der Waals surface area contributed by atoms with Gasteiger partial charge in [-0.05, 0) is 31.1 Å². The Balaban J connectivity index is 4.21. The minimum Gasteiger partial charge on any atom is -0.462 e. The number of carbonyl (C=O) groups excluding carboxylic acids is 3. The van der Waals surface area contributed by atoms with Crippen LogP contribution in [0, 0.1) is 11.8 Å². The first-order valence-electron chi connectivity index (χ1n) is 28.7. The zero-order chi connectivity index (χ0) is 46.8. The van der Waals surface area contributed by atoms with Gasteiger partial charge in [0.15, 0.2) is 6.10 Å². The van der Waals surface area contributed by atoms with Crippen molar-refractivity contribution in [2.75, 3.05) is 13.2 Å². The van der Waals surface area contributed by atoms with E-state index in [2.05, 4.69) is 34.6 Å². The SMILES string of the molecule is CCCCCCCCCCCCCCCCCCCCCC(=O)OC[C@@H](COC(=O)CCCCCCCCCCCCCCCCC(C)C)OC(=O)CCCCCCCCCC(C)C. The van der Waals surface area contributed by atoms with E-state index in [1.54, 1.807) is 0 Å². The summed E-state index contributed by atoms with van der Waals surface area (Å²) >= 11 is 0. The van der Waals surface area contributed by atoms with Crippen LogP contribution in [0.2, 0.25) is 0 Å². The van der Waals surface area contributed by atoms with Crippen LogP contribution in [0.5, 0.6) is 0 Å². The van der Waals surface area contributed by atoms with Crippen LogP contribution >= 0.6 is 0 Å². The highest BCUT2D eigenvalue weighted by Crippen LogP contribution is 2.18. The Hall–Kier alpha value is -1.59. The lowest BCUT2D eigenvalue weighted by Gasteiger charge is -2.18. The molecule has 0 aromatic heterocycles. The molecule has 0 spiro atoms. The van der Waals surface area contributed by atoms with Crippen molar-refractivity contribution in [1.82, 2.24) is 0 Å². The number of esters is 3. The van der Waals surface area contributed by atoms with E-state index in [4.69, 9.17) is 14.2 Å². The van der Waals surface area contributed by atoms with Gasteiger partial charge in [0.1, 0.15) is 13.2 Å². The van der Waals surface area contributed by atoms with Crippen molar-refractivity contribution in [3.05, 3.63) is 0 Å². The van der Waals surface area contributed by atoms with Crippen LogP contribution in [-0.2, 0) is 28.6 Å². The highest BCUT2D eigenvalue weighted by Gasteiger charge is 2.19. The topological polar surface area (TPSA) is 78.9 Å². The van der Waals surface area contributed by atoms with Gasteiger partial charge in [0, 0.05) is 19.3 Å². The molecule has 0 amide bonds. The fourth-order valence-electron chi connectivity index (χ4n) is 8.87. The summed E-state index contributed by atoms with van der Waals surface area (Å²) in [7, 11) is 0. The van der Waals surface area contributed by atoms with E-state index in [-0.39, 0.29) is 31.1 Å². The molecule has 6 heteroatoms. The number of ether oxygens (including phenoxy) is 3. The fourth-order valence-corrected chi connectivity index (χ4v) is 8.87. The molecule has 64 heavy (non-hydrogen) atoms. The number of unbranched alkanes of at least 4 members (excludes halogenated alkanes) is 37. The minimum atomic E-state index is -0.763. The second kappa shape index (κ2) is 50.8. The molecule has 0 unspecified atom stereocenters. The number of rotatable bonds is 52. The largest absolute Gasteiger partial charge is 0.462 e. The van der Waals surface area contributed by atoms with Crippen molar-refractivity contribution >= 4 is 17.9 Å². The summed E-state index contributed by atoms with van der Waals surface area (Å²) in [5.74, 6) is 0.778. The zero-order valence-corrected chi connectivity index (χ0v) is 43.9. The van der Waals surface area contributed by atoms with E-state index >= 15 is 0 Å². The van der Waals surface area contributed by atoms with Crippen LogP contribution in [0.25, 0.3) is 0 Å². The van der Waals surface area contributed by atoms with Gasteiger partial charge in [-0.1, -0.05) is 285 Å². The monoisotopic (exact) mass is 905 g/mol. The summed E-state index contributed by atoms with van der Waals surface area (Å²) in [6.45, 7) is 11.4. The van der Waals surface area contributed by atoms with Crippen LogP contribution in [0.3, 0.4) is 0 Å². The molecular formula is C58H112O6. The molecule has 0 aliphatic rings. The predicted molar refractivity (Wildman–Crippen MR) is 275 cm³/mol. The smallest absolute Gasteiger partial charge is 0.306 e. The Morgan fingerprint density at radius 2 is 0.516 bits per heavy atom. The first-order chi connectivity index (χ1) is 31.2. The van der Waals surface area contributed by atoms with E-state index in [9.17, 15) is 14.4 Å². The van der Waals surface area contributed by atoms with Crippen LogP contribution in [0.1, 0.15) is 324 Å². The van der Waals surface area contributed by atoms with Gasteiger partial charge in [-0.3, -0.25) is 14.4 Å². The Bertz CT molecular complexity index is 978. The second-order valence-corrected chi connectivity index (χ2v) is 20.9. The average molecular weight is 906 g/mol. The Morgan fingerprint density at radius 1 is 0.297 bits per heavy atom. The summed E-state index contributed by atoms with van der Waals surface area (Å²) in [4.78, 5) is 38.1. The standard InChI is InChI=1S/C58H112O6/c1-6-7-8-9-10-11-12-13-14-15-16-17-18-22-25-28-33-38-43-48-56(59)62-51-55(64-58(61)50-45-40-35-30-32-37-42-47-54(4)5)52-63-57(60)49-44-39-34-29-26-23-20-19-21-24-27-31-36-41-46-53(2)3/h53-55H,6-52H2,1-5H3/t55-/m0/s1. The molecule has 0 bridgehead atoms. The van der Waals surface area contributed by atoms with E-state index in [1.165, 1.54) is 212 Å². The van der Waals surface area contributed by atoms with Crippen LogP contribution in [-0.4, -0.2) is 37.2 Å². The number of hydrogen-bond donors (Lipinski definition) is 0. The molecule has 0 N–H and O–H groups in total. The van der Waals surface area contributed by atoms with Gasteiger partial charge in [-0.25, -0.2) is 0 Å². The molecule has 0 fully saturated rings. The van der Waals surface area contributed by atoms with Crippen molar-refractivity contribution in [1.29, 1.82) is 0 Å². The normalized spacial score (nSPS) is 12.0. The van der Waals surface area contributed by atoms with Gasteiger partial charge in [0.25, 0.3) is 0 Å². The first-order valence-corrected chi connectivity index (χ1v) is 28.7. The van der Waals surface area contributed by atoms with Crippen molar-refractivity contribution in [3.8, 4) is 0 Å². The number of carbonyl (C=O) groups is 3. The third kappa shape index (κ3) is 51.4. The molecule has 6 nitrogen and oxygen atoms in total. The Kier molecular flexibility index (Phi) is 49.6. The van der Waals surface area contributed by atoms with Crippen LogP contribution in [0.4, 0.5) is 0 Å². The molecule has 0 aromatic carbocycles. The highest BCUT2D eigenvalue weighted by molar-refractivity contribution is 5.71. The molecule has 0 radical (unpaired) electrons. The number of hydrogen-bond acceptors (Lipinski definition) is 6. The molecule has 1 atom stereocenters. The van der Waals surface area contributed by atoms with Gasteiger partial charge < -0.3 is 14.2 Å². The lowest BCUT2D eigenvalue weighted by molar-refractivity contribution is -0.167. The van der Waals surface area contributed by atoms with Gasteiger partial charge in [-0.2, -0.15) is 0 Å². The van der Waals surface area contributed by atoms with Gasteiger partial charge in [-0.15, -0.1) is 0 Å². The lowest BCUT2D eigenvalue weighted by Crippen LogP contribution is -2.30. The van der Waals surface area contributed by atoms with Crippen molar-refractivity contribution in [2.24, 2.45) is 11.8 Å². The predicted octanol–water partition coefficient (Wildman–Crippen LogP) is 18.9. The van der Waals surface area contributed by atoms with E-state index in [1.807, 2.05) is 0 Å². The molecule has 380 valence electrons. The Morgan fingerprint density at radius 3 is 0.766 bits per heavy atom. The molecular weight excluding hydrogens is 793 g/mol. The van der Waals surface area contributed by atoms with Crippen molar-refractivity contribution in [3.63, 3.8) is 0 Å². The van der Waals surface area contributed by atoms with Crippen molar-refractivity contribution in [2.45, 2.75) is 330 Å². The van der Waals surface area contributed by atoms with E-state index in [0.29, 0.717) is 19.3 Å². The van der Waals surface area contributed by atoms with Crippen LogP contribution in [0.15, 0.2) is 0 Å². The maximum Gasteiger partial charge on any atom is 0.306 e. The molecule has 0 rings (SSSR count). The highest BCUT2D eigenvalue weighted by atomic mass is 16.6. The molecule has 0 aromatic rings. The summed E-state index contributed by atoms with van der Waals surface area (Å²) < 4.78 is 16.9. The Labute approximate surface area is 399 Å². The van der Waals surface area contributed by atoms with Gasteiger partial charge in [0.2, 0.25) is 0 Å². The van der Waals surface area contributed by atoms with E-state index < -0.39 is 6.10 Å². The first kappa shape index (κ1) is 62.4. The minimum absolute atomic E-state index is 0.0637. The van der Waals surface area contributed by atoms with Crippen molar-refractivity contribution < 1.29 is 28.6 Å². The van der Waals surface area contributed by atoms with Gasteiger partial charge in [0.05, 0.1) is 0 Å². The second-order valence-electron chi connectivity index (χ2n) is 20.9. The molecule has 0 heterocycles. The third-order valence-electron chi connectivity index (χ3n) is 13.2. The molecule has 0 saturated heterocycles. The zero-order valence-electron chi connectivity index (χ0n) is 43.9. The summed E-state index contributed by atoms with van der Waals surface area (Å²) in [6.07, 6.45) is 53.9. The van der Waals surface area contributed by atoms with E-state index in [0.717, 1.165) is 69.6 Å². The summed E-state index contributed by atoms with van der Waals surface area (Å²) in [5.41, 5.74) is 0. The maximum absolute atomic E-state index is 12.8. The summed E-state index contributed by atoms with van der Waals surface area (Å²) in [6, 6.07) is 0. The summed E-state index contributed by atoms with van der Waals surface area (Å²) in [5, 5.41) is 0. The quantitative estimate of drug-likeness (QED) is 0.0344. The third-order valence-corrected chi connectivity index (χ3v) is 13.2. The molecule has 0 aliphatic heterocycles. The molecule has 0 saturated carbocycles. The average Bonchev–Trinajstić information content (AvgIpc) is 3.27. The van der Waals surface area contributed by atoms with Crippen LogP contribution < -0.4 is 0 Å². The lowest BCUT2D eigenvalue weighted by atomic mass is 10.0. The fraction of sp³-hybridized carbons (Fsp3) is 0.948. The van der Waals surface area contributed by atoms with Gasteiger partial charge >= 0.3 is 17.9 Å².